The fourth-order valence-electron chi connectivity index (χ4n) is 0. The van der Waals surface area contributed by atoms with Gasteiger partial charge in [-0.1, -0.05) is 0 Å². The molecule has 0 aliphatic heterocycles. The van der Waals surface area contributed by atoms with Crippen LogP contribution in [0, 0.1) is 0 Å². The van der Waals surface area contributed by atoms with E-state index in [-0.39, 0.29) is 16.4 Å². The van der Waals surface area contributed by atoms with Crippen LogP contribution in [0.25, 0.3) is 0 Å². The molecule has 3 nitrogen and oxygen atoms in total. The van der Waals surface area contributed by atoms with E-state index in [9.17, 15) is 0 Å². The van der Waals surface area contributed by atoms with Crippen molar-refractivity contribution in [2.75, 3.05) is 0 Å². The summed E-state index contributed by atoms with van der Waals surface area (Å²) in [6.45, 7) is 0. The van der Waals surface area contributed by atoms with Gasteiger partial charge in [0, 0.05) is 0 Å². The molecule has 0 aromatic heterocycles. The molecule has 0 heterocycles. The molecular weight excluding hydrogens is 368 g/mol. The van der Waals surface area contributed by atoms with Crippen LogP contribution in [0.1, 0.15) is 0 Å². The summed E-state index contributed by atoms with van der Waals surface area (Å²) in [7, 11) is 20.2. The summed E-state index contributed by atoms with van der Waals surface area (Å²) in [5, 5.41) is 0. The molecule has 6 N–H and O–H groups in total. The van der Waals surface area contributed by atoms with Crippen molar-refractivity contribution in [3.63, 3.8) is 0 Å². The molecule has 0 amide bonds. The molecule has 0 rings (SSSR count). The van der Waals surface area contributed by atoms with Crippen LogP contribution in [0.4, 0.5) is 0 Å². The van der Waals surface area contributed by atoms with Gasteiger partial charge in [0.1, 0.15) is 0 Å². The van der Waals surface area contributed by atoms with Gasteiger partial charge in [-0.2, -0.15) is 0 Å². The molecule has 0 bridgehead atoms. The molecule has 8 heavy (non-hydrogen) atoms. The number of hydrogen-bond acceptors (Lipinski definition) is 0. The Bertz CT molecular complexity index is 26.8. The molecule has 8 heteroatoms. The van der Waals surface area contributed by atoms with Gasteiger partial charge in [-0.25, -0.2) is 0 Å². The van der Waals surface area contributed by atoms with Gasteiger partial charge in [0.25, 0.3) is 0 Å². The van der Waals surface area contributed by atoms with Crippen molar-refractivity contribution in [3.8, 4) is 0 Å². The van der Waals surface area contributed by atoms with Crippen molar-refractivity contribution in [3.05, 3.63) is 0 Å². The van der Waals surface area contributed by atoms with E-state index in [1.54, 1.807) is 0 Å². The van der Waals surface area contributed by atoms with Gasteiger partial charge >= 0.3 is 49.5 Å². The maximum atomic E-state index is 5.05. The zero-order valence-electron chi connectivity index (χ0n) is 3.51. The van der Waals surface area contributed by atoms with E-state index in [4.69, 9.17) is 34.3 Å². The summed E-state index contributed by atoms with van der Waals surface area (Å²) in [6.07, 6.45) is 0. The summed E-state index contributed by atoms with van der Waals surface area (Å²) >= 11 is -3.39. The third kappa shape index (κ3) is 104. The monoisotopic (exact) mass is 374 g/mol. The van der Waals surface area contributed by atoms with Gasteiger partial charge in [-0.15, -0.1) is 0 Å². The molecular formula is H6Cl4HfO3. The zero-order valence-corrected chi connectivity index (χ0v) is 10.1. The van der Waals surface area contributed by atoms with Gasteiger partial charge in [0.2, 0.25) is 0 Å². The van der Waals surface area contributed by atoms with Crippen molar-refractivity contribution in [2.45, 2.75) is 0 Å². The Balaban J connectivity index is -0.0000000267. The summed E-state index contributed by atoms with van der Waals surface area (Å²) < 4.78 is 0. The van der Waals surface area contributed by atoms with Crippen LogP contribution in [0.3, 0.4) is 0 Å². The number of rotatable bonds is 0. The van der Waals surface area contributed by atoms with E-state index in [0.717, 1.165) is 0 Å². The van der Waals surface area contributed by atoms with E-state index in [1.807, 2.05) is 0 Å². The summed E-state index contributed by atoms with van der Waals surface area (Å²) in [5.74, 6) is 0. The Morgan fingerprint density at radius 2 is 0.625 bits per heavy atom. The van der Waals surface area contributed by atoms with Gasteiger partial charge in [0.15, 0.2) is 0 Å². The van der Waals surface area contributed by atoms with Crippen molar-refractivity contribution < 1.29 is 31.7 Å². The first kappa shape index (κ1) is 22.5. The third-order valence-corrected chi connectivity index (χ3v) is 0. The molecule has 0 spiro atoms. The Morgan fingerprint density at radius 3 is 0.625 bits per heavy atom. The minimum atomic E-state index is -3.39. The Kier molecular flexibility index (Phi) is 25.1. The summed E-state index contributed by atoms with van der Waals surface area (Å²) in [6, 6.07) is 0. The van der Waals surface area contributed by atoms with Crippen LogP contribution in [0.5, 0.6) is 0 Å². The van der Waals surface area contributed by atoms with Crippen molar-refractivity contribution in [1.82, 2.24) is 0 Å². The standard InChI is InChI=1S/4ClH.Hf.3H2O/h4*1H;;3*1H2/q;;;;+4;;;/p-4. The molecule has 0 aromatic carbocycles. The van der Waals surface area contributed by atoms with Crippen LogP contribution < -0.4 is 0 Å². The van der Waals surface area contributed by atoms with Crippen molar-refractivity contribution in [1.29, 1.82) is 0 Å². The van der Waals surface area contributed by atoms with E-state index in [0.29, 0.717) is 0 Å². The topological polar surface area (TPSA) is 94.5 Å². The second-order valence-electron chi connectivity index (χ2n) is 0.429. The SMILES string of the molecule is O.O.O.[Cl][Hf]([Cl])([Cl])[Cl]. The minimum absolute atomic E-state index is 0. The first-order valence-electron chi connectivity index (χ1n) is 0.756. The zero-order chi connectivity index (χ0) is 4.50. The van der Waals surface area contributed by atoms with Crippen LogP contribution in [-0.2, 0) is 15.2 Å². The quantitative estimate of drug-likeness (QED) is 0.545. The molecule has 0 unspecified atom stereocenters. The molecule has 0 aliphatic carbocycles. The van der Waals surface area contributed by atoms with E-state index in [2.05, 4.69) is 0 Å². The second kappa shape index (κ2) is 8.91. The second-order valence-corrected chi connectivity index (χ2v) is 31.6. The van der Waals surface area contributed by atoms with Crippen LogP contribution >= 0.6 is 34.3 Å². The van der Waals surface area contributed by atoms with Crippen molar-refractivity contribution >= 4 is 34.3 Å². The van der Waals surface area contributed by atoms with Crippen LogP contribution in [0.2, 0.25) is 0 Å². The normalized spacial score (nSPS) is 7.50. The average molecular weight is 374 g/mol. The predicted molar refractivity (Wildman–Crippen MR) is 34.3 cm³/mol. The van der Waals surface area contributed by atoms with Gasteiger partial charge < -0.3 is 16.4 Å². The Labute approximate surface area is 65.4 Å². The first-order chi connectivity index (χ1) is 2.00. The first-order valence-corrected chi connectivity index (χ1v) is 18.6. The third-order valence-electron chi connectivity index (χ3n) is 0. The van der Waals surface area contributed by atoms with Gasteiger partial charge in [-0.3, -0.25) is 0 Å². The summed E-state index contributed by atoms with van der Waals surface area (Å²) in [5.41, 5.74) is 0. The van der Waals surface area contributed by atoms with Gasteiger partial charge in [0.05, 0.1) is 0 Å². The van der Waals surface area contributed by atoms with E-state index in [1.165, 1.54) is 0 Å². The van der Waals surface area contributed by atoms with Crippen LogP contribution in [0.15, 0.2) is 0 Å². The molecule has 0 aliphatic rings. The van der Waals surface area contributed by atoms with E-state index < -0.39 is 15.2 Å². The fourth-order valence-corrected chi connectivity index (χ4v) is 0. The average Bonchev–Trinajstić information content (AvgIpc) is 0.722. The predicted octanol–water partition coefficient (Wildman–Crippen LogP) is 0.281. The maximum absolute atomic E-state index is 5.05. The fraction of sp³-hybridized carbons (Fsp3) is 0. The molecule has 0 saturated heterocycles. The number of hydrogen-bond donors (Lipinski definition) is 0. The molecule has 0 saturated carbocycles. The molecule has 56 valence electrons. The van der Waals surface area contributed by atoms with Crippen LogP contribution in [-0.4, -0.2) is 16.4 Å². The van der Waals surface area contributed by atoms with Crippen molar-refractivity contribution in [2.24, 2.45) is 0 Å². The number of halogens is 4. The molecule has 0 radical (unpaired) electrons. The molecule has 0 atom stereocenters. The Morgan fingerprint density at radius 1 is 0.625 bits per heavy atom. The molecule has 0 aromatic rings. The van der Waals surface area contributed by atoms with Gasteiger partial charge in [-0.05, 0) is 0 Å². The Hall–Kier alpha value is 1.91. The molecule has 0 fully saturated rings. The summed E-state index contributed by atoms with van der Waals surface area (Å²) in [4.78, 5) is 0. The van der Waals surface area contributed by atoms with E-state index >= 15 is 0 Å².